The van der Waals surface area contributed by atoms with Gasteiger partial charge in [-0.15, -0.1) is 0 Å². The molecule has 0 bridgehead atoms. The van der Waals surface area contributed by atoms with Crippen molar-refractivity contribution in [1.29, 1.82) is 0 Å². The Kier molecular flexibility index (Phi) is 4.71. The minimum Gasteiger partial charge on any atom is -0.308 e. The van der Waals surface area contributed by atoms with Crippen LogP contribution in [-0.4, -0.2) is 22.4 Å². The highest BCUT2D eigenvalue weighted by Crippen LogP contribution is 2.26. The van der Waals surface area contributed by atoms with Crippen LogP contribution in [0.4, 0.5) is 13.2 Å². The lowest BCUT2D eigenvalue weighted by atomic mass is 9.94. The van der Waals surface area contributed by atoms with E-state index < -0.39 is 17.8 Å². The van der Waals surface area contributed by atoms with Crippen molar-refractivity contribution in [2.45, 2.75) is 51.4 Å². The van der Waals surface area contributed by atoms with Gasteiger partial charge in [0, 0.05) is 24.2 Å². The van der Waals surface area contributed by atoms with E-state index in [1.807, 2.05) is 6.92 Å². The van der Waals surface area contributed by atoms with Gasteiger partial charge in [0.2, 0.25) is 0 Å². The summed E-state index contributed by atoms with van der Waals surface area (Å²) in [6, 6.07) is 3.71. The number of hydrogen-bond acceptors (Lipinski definition) is 2. The fraction of sp³-hybridized carbons (Fsp3) is 0.471. The molecular formula is C17H20F3N3. The Bertz CT molecular complexity index is 655. The molecule has 1 aliphatic rings. The highest BCUT2D eigenvalue weighted by atomic mass is 19.1. The quantitative estimate of drug-likeness (QED) is 0.892. The molecule has 124 valence electrons. The third kappa shape index (κ3) is 3.75. The van der Waals surface area contributed by atoms with E-state index in [9.17, 15) is 13.2 Å². The normalized spacial score (nSPS) is 21.6. The largest absolute Gasteiger partial charge is 0.308 e. The summed E-state index contributed by atoms with van der Waals surface area (Å²) in [6.45, 7) is 2.43. The molecule has 1 aromatic carbocycles. The van der Waals surface area contributed by atoms with Gasteiger partial charge in [-0.1, -0.05) is 0 Å². The van der Waals surface area contributed by atoms with Crippen molar-refractivity contribution in [2.75, 3.05) is 0 Å². The van der Waals surface area contributed by atoms with Crippen LogP contribution in [0.25, 0.3) is 11.3 Å². The third-order valence-corrected chi connectivity index (χ3v) is 4.48. The van der Waals surface area contributed by atoms with Gasteiger partial charge >= 0.3 is 0 Å². The van der Waals surface area contributed by atoms with Crippen LogP contribution in [0.2, 0.25) is 0 Å². The topological polar surface area (TPSA) is 40.7 Å². The summed E-state index contributed by atoms with van der Waals surface area (Å²) in [6.07, 6.45) is 2.18. The molecule has 0 spiro atoms. The highest BCUT2D eigenvalue weighted by molar-refractivity contribution is 5.63. The summed E-state index contributed by atoms with van der Waals surface area (Å²) >= 11 is 0. The van der Waals surface area contributed by atoms with Gasteiger partial charge in [-0.2, -0.15) is 5.10 Å². The Morgan fingerprint density at radius 3 is 2.43 bits per heavy atom. The lowest BCUT2D eigenvalue weighted by Crippen LogP contribution is -2.33. The van der Waals surface area contributed by atoms with Crippen molar-refractivity contribution in [3.8, 4) is 11.3 Å². The zero-order valence-electron chi connectivity index (χ0n) is 13.0. The van der Waals surface area contributed by atoms with Gasteiger partial charge in [-0.25, -0.2) is 13.2 Å². The Morgan fingerprint density at radius 2 is 1.78 bits per heavy atom. The molecule has 3 rings (SSSR count). The highest BCUT2D eigenvalue weighted by Gasteiger charge is 2.21. The van der Waals surface area contributed by atoms with Crippen LogP contribution >= 0.6 is 0 Å². The Balaban J connectivity index is 1.69. The molecule has 1 fully saturated rings. The van der Waals surface area contributed by atoms with Crippen molar-refractivity contribution in [2.24, 2.45) is 0 Å². The van der Waals surface area contributed by atoms with Gasteiger partial charge in [0.05, 0.1) is 11.4 Å². The minimum atomic E-state index is -0.672. The van der Waals surface area contributed by atoms with E-state index in [4.69, 9.17) is 0 Å². The fourth-order valence-electron chi connectivity index (χ4n) is 3.08. The molecule has 2 aromatic rings. The number of H-pyrrole nitrogens is 1. The zero-order valence-corrected chi connectivity index (χ0v) is 13.0. The van der Waals surface area contributed by atoms with Crippen molar-refractivity contribution >= 4 is 0 Å². The molecule has 0 amide bonds. The maximum Gasteiger partial charge on any atom is 0.126 e. The molecule has 0 saturated heterocycles. The maximum atomic E-state index is 13.4. The predicted molar refractivity (Wildman–Crippen MR) is 82.7 cm³/mol. The van der Waals surface area contributed by atoms with Crippen LogP contribution in [0.3, 0.4) is 0 Å². The first-order chi connectivity index (χ1) is 11.0. The molecular weight excluding hydrogens is 303 g/mol. The predicted octanol–water partition coefficient (Wildman–Crippen LogP) is 4.03. The molecule has 0 atom stereocenters. The van der Waals surface area contributed by atoms with Gasteiger partial charge in [0.1, 0.15) is 17.8 Å². The monoisotopic (exact) mass is 323 g/mol. The van der Waals surface area contributed by atoms with E-state index in [1.165, 1.54) is 12.1 Å². The molecule has 0 unspecified atom stereocenters. The first kappa shape index (κ1) is 16.1. The molecule has 1 saturated carbocycles. The smallest absolute Gasteiger partial charge is 0.126 e. The van der Waals surface area contributed by atoms with E-state index in [0.29, 0.717) is 36.7 Å². The van der Waals surface area contributed by atoms with Crippen LogP contribution < -0.4 is 5.32 Å². The van der Waals surface area contributed by atoms with E-state index in [0.717, 1.165) is 30.2 Å². The van der Waals surface area contributed by atoms with Gasteiger partial charge in [-0.05, 0) is 50.3 Å². The average molecular weight is 323 g/mol. The van der Waals surface area contributed by atoms with Crippen LogP contribution in [0.15, 0.2) is 18.2 Å². The summed E-state index contributed by atoms with van der Waals surface area (Å²) in [5.74, 6) is -1.23. The van der Waals surface area contributed by atoms with Crippen LogP contribution in [-0.2, 0) is 6.54 Å². The van der Waals surface area contributed by atoms with Gasteiger partial charge in [0.15, 0.2) is 0 Å². The summed E-state index contributed by atoms with van der Waals surface area (Å²) in [7, 11) is 0. The van der Waals surface area contributed by atoms with E-state index >= 15 is 0 Å². The zero-order chi connectivity index (χ0) is 16.4. The average Bonchev–Trinajstić information content (AvgIpc) is 2.87. The molecule has 1 aliphatic carbocycles. The molecule has 0 radical (unpaired) electrons. The van der Waals surface area contributed by atoms with Crippen molar-refractivity contribution in [1.82, 2.24) is 15.5 Å². The molecule has 6 heteroatoms. The van der Waals surface area contributed by atoms with Gasteiger partial charge in [-0.3, -0.25) is 5.10 Å². The van der Waals surface area contributed by atoms with E-state index in [1.54, 1.807) is 0 Å². The van der Waals surface area contributed by atoms with Crippen LogP contribution in [0.5, 0.6) is 0 Å². The molecule has 3 nitrogen and oxygen atoms in total. The summed E-state index contributed by atoms with van der Waals surface area (Å²) in [5.41, 5.74) is 2.73. The van der Waals surface area contributed by atoms with Crippen molar-refractivity contribution in [3.63, 3.8) is 0 Å². The molecule has 23 heavy (non-hydrogen) atoms. The third-order valence-electron chi connectivity index (χ3n) is 4.48. The van der Waals surface area contributed by atoms with Crippen molar-refractivity contribution in [3.05, 3.63) is 41.1 Å². The minimum absolute atomic E-state index is 0.299. The van der Waals surface area contributed by atoms with Crippen molar-refractivity contribution < 1.29 is 13.2 Å². The number of benzene rings is 1. The molecule has 0 aliphatic heterocycles. The Hall–Kier alpha value is -1.82. The second-order valence-electron chi connectivity index (χ2n) is 6.16. The van der Waals surface area contributed by atoms with E-state index in [2.05, 4.69) is 15.5 Å². The van der Waals surface area contributed by atoms with Crippen LogP contribution in [0, 0.1) is 18.6 Å². The number of nitrogens with one attached hydrogen (secondary N) is 2. The number of alkyl halides is 1. The fourth-order valence-corrected chi connectivity index (χ4v) is 3.08. The number of aromatic nitrogens is 2. The maximum absolute atomic E-state index is 13.4. The number of hydrogen-bond donors (Lipinski definition) is 2. The van der Waals surface area contributed by atoms with Gasteiger partial charge < -0.3 is 5.32 Å². The van der Waals surface area contributed by atoms with Gasteiger partial charge in [0.25, 0.3) is 0 Å². The lowest BCUT2D eigenvalue weighted by Gasteiger charge is -2.24. The second kappa shape index (κ2) is 6.74. The lowest BCUT2D eigenvalue weighted by molar-refractivity contribution is 0.219. The molecule has 1 heterocycles. The summed E-state index contributed by atoms with van der Waals surface area (Å²) in [5, 5.41) is 10.5. The molecule has 1 aromatic heterocycles. The summed E-state index contributed by atoms with van der Waals surface area (Å²) in [4.78, 5) is 0. The van der Waals surface area contributed by atoms with E-state index in [-0.39, 0.29) is 0 Å². The first-order valence-corrected chi connectivity index (χ1v) is 7.90. The van der Waals surface area contributed by atoms with Crippen LogP contribution in [0.1, 0.15) is 36.9 Å². The number of nitrogens with zero attached hydrogens (tertiary/aromatic N) is 1. The first-order valence-electron chi connectivity index (χ1n) is 7.90. The standard InChI is InChI=1S/C17H20F3N3/c1-10-16(9-21-15-4-2-12(18)3-5-15)22-23-17(10)11-6-13(19)8-14(20)7-11/h6-8,12,15,21H,2-5,9H2,1H3,(H,22,23)/t12-,15+. The number of halogens is 3. The SMILES string of the molecule is Cc1c(CN[C@H]2CC[C@@H](F)CC2)n[nH]c1-c1cc(F)cc(F)c1. The second-order valence-corrected chi connectivity index (χ2v) is 6.16. The Morgan fingerprint density at radius 1 is 1.13 bits per heavy atom. The summed E-state index contributed by atoms with van der Waals surface area (Å²) < 4.78 is 39.8. The Labute approximate surface area is 133 Å². The molecule has 2 N–H and O–H groups in total. The number of aromatic amines is 1. The number of rotatable bonds is 4.